The number of rotatable bonds is 6. The SMILES string of the molecule is C=CC(C)(C)[C@@H](C(=O)O)N(C)C(=O)[C@@H](C)N(C)C(=O)OC(C)(C)C. The molecule has 24 heavy (non-hydrogen) atoms. The predicted molar refractivity (Wildman–Crippen MR) is 91.6 cm³/mol. The highest BCUT2D eigenvalue weighted by Crippen LogP contribution is 2.27. The minimum atomic E-state index is -1.14. The second-order valence-electron chi connectivity index (χ2n) is 7.48. The number of aliphatic carboxylic acids is 1. The van der Waals surface area contributed by atoms with Crippen LogP contribution in [0.2, 0.25) is 0 Å². The fourth-order valence-electron chi connectivity index (χ4n) is 2.17. The molecule has 0 aliphatic carbocycles. The van der Waals surface area contributed by atoms with E-state index in [-0.39, 0.29) is 0 Å². The van der Waals surface area contributed by atoms with Crippen LogP contribution in [0.4, 0.5) is 4.79 Å². The van der Waals surface area contributed by atoms with E-state index in [2.05, 4.69) is 6.58 Å². The van der Waals surface area contributed by atoms with Crippen molar-refractivity contribution in [1.29, 1.82) is 0 Å². The lowest BCUT2D eigenvalue weighted by Crippen LogP contribution is -2.56. The van der Waals surface area contributed by atoms with Crippen molar-refractivity contribution in [3.8, 4) is 0 Å². The van der Waals surface area contributed by atoms with Crippen molar-refractivity contribution in [1.82, 2.24) is 9.80 Å². The van der Waals surface area contributed by atoms with Crippen LogP contribution in [0.5, 0.6) is 0 Å². The quantitative estimate of drug-likeness (QED) is 0.749. The second kappa shape index (κ2) is 7.68. The number of ether oxygens (including phenoxy) is 1. The first kappa shape index (κ1) is 21.9. The van der Waals surface area contributed by atoms with Crippen LogP contribution in [0.1, 0.15) is 41.5 Å². The lowest BCUT2D eigenvalue weighted by molar-refractivity contribution is -0.154. The Bertz CT molecular complexity index is 508. The van der Waals surface area contributed by atoms with Gasteiger partial charge in [-0.15, -0.1) is 6.58 Å². The van der Waals surface area contributed by atoms with E-state index in [9.17, 15) is 19.5 Å². The summed E-state index contributed by atoms with van der Waals surface area (Å²) in [5.41, 5.74) is -1.52. The van der Waals surface area contributed by atoms with Crippen LogP contribution < -0.4 is 0 Å². The van der Waals surface area contributed by atoms with Gasteiger partial charge in [0.15, 0.2) is 0 Å². The van der Waals surface area contributed by atoms with Crippen LogP contribution in [0.25, 0.3) is 0 Å². The van der Waals surface area contributed by atoms with Crippen LogP contribution in [0, 0.1) is 5.41 Å². The summed E-state index contributed by atoms with van der Waals surface area (Å²) in [7, 11) is 2.85. The Morgan fingerprint density at radius 3 is 1.88 bits per heavy atom. The predicted octanol–water partition coefficient (Wildman–Crippen LogP) is 2.37. The summed E-state index contributed by atoms with van der Waals surface area (Å²) in [5, 5.41) is 9.49. The van der Waals surface area contributed by atoms with Gasteiger partial charge in [-0.25, -0.2) is 9.59 Å². The number of hydrogen-bond donors (Lipinski definition) is 1. The van der Waals surface area contributed by atoms with E-state index in [1.54, 1.807) is 34.6 Å². The first-order chi connectivity index (χ1) is 10.7. The maximum atomic E-state index is 12.6. The van der Waals surface area contributed by atoms with Crippen LogP contribution in [0.3, 0.4) is 0 Å². The lowest BCUT2D eigenvalue weighted by Gasteiger charge is -2.38. The van der Waals surface area contributed by atoms with Crippen molar-refractivity contribution in [2.45, 2.75) is 59.2 Å². The van der Waals surface area contributed by atoms with Gasteiger partial charge in [0.05, 0.1) is 0 Å². The highest BCUT2D eigenvalue weighted by Gasteiger charge is 2.40. The van der Waals surface area contributed by atoms with Crippen molar-refractivity contribution in [3.05, 3.63) is 12.7 Å². The number of hydrogen-bond acceptors (Lipinski definition) is 4. The van der Waals surface area contributed by atoms with Crippen molar-refractivity contribution >= 4 is 18.0 Å². The van der Waals surface area contributed by atoms with Gasteiger partial charge in [0, 0.05) is 19.5 Å². The molecule has 7 nitrogen and oxygen atoms in total. The minimum absolute atomic E-state index is 0.495. The van der Waals surface area contributed by atoms with Gasteiger partial charge in [0.1, 0.15) is 17.7 Å². The van der Waals surface area contributed by atoms with E-state index in [1.807, 2.05) is 0 Å². The summed E-state index contributed by atoms with van der Waals surface area (Å²) in [4.78, 5) is 38.6. The number of likely N-dealkylation sites (N-methyl/N-ethyl adjacent to an activating group) is 2. The molecule has 0 unspecified atom stereocenters. The maximum absolute atomic E-state index is 12.6. The third-order valence-corrected chi connectivity index (χ3v) is 3.82. The molecule has 0 aliphatic heterocycles. The van der Waals surface area contributed by atoms with Crippen LogP contribution in [0.15, 0.2) is 12.7 Å². The maximum Gasteiger partial charge on any atom is 0.410 e. The van der Waals surface area contributed by atoms with E-state index in [4.69, 9.17) is 4.74 Å². The zero-order valence-electron chi connectivity index (χ0n) is 15.9. The molecular weight excluding hydrogens is 312 g/mol. The molecular formula is C17H30N2O5. The summed E-state index contributed by atoms with van der Waals surface area (Å²) in [5.74, 6) is -1.63. The van der Waals surface area contributed by atoms with Gasteiger partial charge >= 0.3 is 12.1 Å². The molecule has 2 atom stereocenters. The zero-order chi connectivity index (χ0) is 19.5. The summed E-state index contributed by atoms with van der Waals surface area (Å²) >= 11 is 0. The molecule has 0 saturated carbocycles. The fraction of sp³-hybridized carbons (Fsp3) is 0.706. The standard InChI is InChI=1S/C17H30N2O5/c1-10-17(6,7)12(14(21)22)19(9)13(20)11(2)18(8)15(23)24-16(3,4)5/h10-12H,1H2,2-9H3,(H,21,22)/t11-,12-/m1/s1. The van der Waals surface area contributed by atoms with Crippen molar-refractivity contribution in [2.75, 3.05) is 14.1 Å². The van der Waals surface area contributed by atoms with Gasteiger partial charge in [0.25, 0.3) is 0 Å². The number of nitrogens with zero attached hydrogens (tertiary/aromatic N) is 2. The van der Waals surface area contributed by atoms with E-state index in [1.165, 1.54) is 27.1 Å². The third-order valence-electron chi connectivity index (χ3n) is 3.82. The second-order valence-corrected chi connectivity index (χ2v) is 7.48. The van der Waals surface area contributed by atoms with Gasteiger partial charge in [-0.1, -0.05) is 19.9 Å². The molecule has 0 aliphatic rings. The van der Waals surface area contributed by atoms with Crippen LogP contribution in [-0.2, 0) is 14.3 Å². The molecule has 0 spiro atoms. The number of carbonyl (C=O) groups is 3. The van der Waals surface area contributed by atoms with Crippen LogP contribution in [-0.4, -0.2) is 64.7 Å². The van der Waals surface area contributed by atoms with Gasteiger partial charge in [-0.2, -0.15) is 0 Å². The molecule has 0 bridgehead atoms. The number of carbonyl (C=O) groups excluding carboxylic acids is 2. The molecule has 2 amide bonds. The smallest absolute Gasteiger partial charge is 0.410 e. The monoisotopic (exact) mass is 342 g/mol. The molecule has 7 heteroatoms. The Kier molecular flexibility index (Phi) is 7.02. The van der Waals surface area contributed by atoms with Crippen molar-refractivity contribution in [2.24, 2.45) is 5.41 Å². The van der Waals surface area contributed by atoms with Gasteiger partial charge in [-0.3, -0.25) is 9.69 Å². The number of amides is 2. The lowest BCUT2D eigenvalue weighted by atomic mass is 9.83. The molecule has 0 aromatic rings. The molecule has 0 aromatic heterocycles. The molecule has 0 aromatic carbocycles. The average molecular weight is 342 g/mol. The van der Waals surface area contributed by atoms with Gasteiger partial charge in [0.2, 0.25) is 5.91 Å². The molecule has 138 valence electrons. The Hall–Kier alpha value is -2.05. The Labute approximate surface area is 144 Å². The van der Waals surface area contributed by atoms with Crippen molar-refractivity contribution < 1.29 is 24.2 Å². The van der Waals surface area contributed by atoms with E-state index >= 15 is 0 Å². The molecule has 0 radical (unpaired) electrons. The van der Waals surface area contributed by atoms with Gasteiger partial charge in [-0.05, 0) is 27.7 Å². The molecule has 1 N–H and O–H groups in total. The Morgan fingerprint density at radius 2 is 1.54 bits per heavy atom. The van der Waals surface area contributed by atoms with Crippen molar-refractivity contribution in [3.63, 3.8) is 0 Å². The topological polar surface area (TPSA) is 87.2 Å². The van der Waals surface area contributed by atoms with E-state index < -0.39 is 41.1 Å². The summed E-state index contributed by atoms with van der Waals surface area (Å²) < 4.78 is 5.23. The van der Waals surface area contributed by atoms with Crippen LogP contribution >= 0.6 is 0 Å². The van der Waals surface area contributed by atoms with E-state index in [0.29, 0.717) is 0 Å². The number of carboxylic acids is 1. The minimum Gasteiger partial charge on any atom is -0.480 e. The first-order valence-corrected chi connectivity index (χ1v) is 7.74. The number of carboxylic acid groups (broad SMARTS) is 1. The summed E-state index contributed by atoms with van der Waals surface area (Å²) in [6.45, 7) is 13.7. The first-order valence-electron chi connectivity index (χ1n) is 7.74. The normalized spacial score (nSPS) is 14.3. The van der Waals surface area contributed by atoms with E-state index in [0.717, 1.165) is 9.80 Å². The average Bonchev–Trinajstić information content (AvgIpc) is 2.42. The molecule has 0 rings (SSSR count). The molecule has 0 heterocycles. The highest BCUT2D eigenvalue weighted by molar-refractivity contribution is 5.89. The largest absolute Gasteiger partial charge is 0.480 e. The molecule has 0 fully saturated rings. The molecule has 0 saturated heterocycles. The van der Waals surface area contributed by atoms with Gasteiger partial charge < -0.3 is 14.7 Å². The highest BCUT2D eigenvalue weighted by atomic mass is 16.6. The Morgan fingerprint density at radius 1 is 1.08 bits per heavy atom. The summed E-state index contributed by atoms with van der Waals surface area (Å²) in [6, 6.07) is -1.97. The Balaban J connectivity index is 5.33. The third kappa shape index (κ3) is 5.54. The fourth-order valence-corrected chi connectivity index (χ4v) is 2.17. The zero-order valence-corrected chi connectivity index (χ0v) is 15.9. The summed E-state index contributed by atoms with van der Waals surface area (Å²) in [6.07, 6.45) is 0.851.